The molecule has 0 fully saturated rings. The van der Waals surface area contributed by atoms with Gasteiger partial charge in [-0.25, -0.2) is 0 Å². The average molecular weight is 441 g/mol. The highest BCUT2D eigenvalue weighted by atomic mass is 79.9. The maximum atomic E-state index is 12.5. The molecule has 134 valence electrons. The molecule has 0 bridgehead atoms. The third-order valence-electron chi connectivity index (χ3n) is 4.06. The van der Waals surface area contributed by atoms with Crippen LogP contribution in [0, 0.1) is 6.92 Å². The number of aromatic nitrogens is 3. The second-order valence-corrected chi connectivity index (χ2v) is 7.88. The Morgan fingerprint density at radius 3 is 2.67 bits per heavy atom. The number of hydrogen-bond acceptors (Lipinski definition) is 6. The van der Waals surface area contributed by atoms with Gasteiger partial charge in [-0.3, -0.25) is 9.59 Å². The van der Waals surface area contributed by atoms with Gasteiger partial charge < -0.3 is 5.73 Å². The number of anilines is 1. The van der Waals surface area contributed by atoms with Crippen LogP contribution >= 0.6 is 27.3 Å². The number of aryl methyl sites for hydroxylation is 1. The molecule has 0 aliphatic heterocycles. The monoisotopic (exact) mass is 440 g/mol. The summed E-state index contributed by atoms with van der Waals surface area (Å²) >= 11 is 4.60. The summed E-state index contributed by atoms with van der Waals surface area (Å²) in [6.45, 7) is 2.01. The third-order valence-corrected chi connectivity index (χ3v) is 5.51. The second kappa shape index (κ2) is 6.71. The van der Waals surface area contributed by atoms with Gasteiger partial charge in [0.15, 0.2) is 5.78 Å². The predicted octanol–water partition coefficient (Wildman–Crippen LogP) is 3.51. The van der Waals surface area contributed by atoms with Crippen molar-refractivity contribution in [2.24, 2.45) is 0 Å². The van der Waals surface area contributed by atoms with E-state index in [1.807, 2.05) is 31.2 Å². The lowest BCUT2D eigenvalue weighted by Crippen LogP contribution is -2.17. The largest absolute Gasteiger partial charge is 0.383 e. The number of nitrogens with two attached hydrogens (primary N) is 1. The second-order valence-electron chi connectivity index (χ2n) is 6.01. The van der Waals surface area contributed by atoms with E-state index in [4.69, 9.17) is 5.73 Å². The zero-order chi connectivity index (χ0) is 19.1. The number of fused-ring (bicyclic) bond motifs is 1. The molecule has 0 amide bonds. The van der Waals surface area contributed by atoms with Crippen molar-refractivity contribution in [2.75, 3.05) is 5.73 Å². The number of halogens is 1. The smallest absolute Gasteiger partial charge is 0.283 e. The topological polar surface area (TPSA) is 90.4 Å². The first-order chi connectivity index (χ1) is 12.9. The minimum absolute atomic E-state index is 0.142. The summed E-state index contributed by atoms with van der Waals surface area (Å²) in [4.78, 5) is 29.0. The van der Waals surface area contributed by atoms with Gasteiger partial charge >= 0.3 is 0 Å². The molecule has 0 spiro atoms. The lowest BCUT2D eigenvalue weighted by atomic mass is 10.0. The van der Waals surface area contributed by atoms with Gasteiger partial charge in [-0.05, 0) is 31.2 Å². The molecule has 0 saturated carbocycles. The van der Waals surface area contributed by atoms with Crippen molar-refractivity contribution in [1.82, 2.24) is 14.6 Å². The first-order valence-corrected chi connectivity index (χ1v) is 9.61. The predicted molar refractivity (Wildman–Crippen MR) is 111 cm³/mol. The van der Waals surface area contributed by atoms with Crippen LogP contribution in [0.2, 0.25) is 0 Å². The first kappa shape index (κ1) is 17.6. The fraction of sp³-hybridized carbons (Fsp3) is 0.0526. The minimum Gasteiger partial charge on any atom is -0.383 e. The van der Waals surface area contributed by atoms with Gasteiger partial charge in [0.25, 0.3) is 5.56 Å². The van der Waals surface area contributed by atoms with Crippen LogP contribution in [0.1, 0.15) is 11.1 Å². The molecule has 2 N–H and O–H groups in total. The van der Waals surface area contributed by atoms with Crippen LogP contribution < -0.4 is 11.3 Å². The highest BCUT2D eigenvalue weighted by Crippen LogP contribution is 2.27. The number of carbonyl (C=O) groups excluding carboxylic acids is 1. The van der Waals surface area contributed by atoms with E-state index in [1.54, 1.807) is 12.2 Å². The van der Waals surface area contributed by atoms with Crippen LogP contribution in [-0.2, 0) is 4.79 Å². The molecule has 8 heteroatoms. The number of ketones is 1. The lowest BCUT2D eigenvalue weighted by molar-refractivity contribution is -0.111. The molecule has 3 aromatic rings. The van der Waals surface area contributed by atoms with Gasteiger partial charge in [-0.2, -0.15) is 14.6 Å². The summed E-state index contributed by atoms with van der Waals surface area (Å²) in [5.74, 6) is -0.0558. The summed E-state index contributed by atoms with van der Waals surface area (Å²) in [5.41, 5.74) is 8.26. The van der Waals surface area contributed by atoms with Crippen molar-refractivity contribution < 1.29 is 4.79 Å². The van der Waals surface area contributed by atoms with E-state index in [0.29, 0.717) is 15.5 Å². The van der Waals surface area contributed by atoms with Gasteiger partial charge in [0, 0.05) is 15.6 Å². The van der Waals surface area contributed by atoms with Gasteiger partial charge in [0.2, 0.25) is 4.96 Å². The van der Waals surface area contributed by atoms with Crippen molar-refractivity contribution in [3.8, 4) is 10.6 Å². The Hall–Kier alpha value is -2.84. The molecule has 1 aromatic carbocycles. The summed E-state index contributed by atoms with van der Waals surface area (Å²) in [6, 6.07) is 7.90. The van der Waals surface area contributed by atoms with Gasteiger partial charge in [-0.15, -0.1) is 0 Å². The minimum atomic E-state index is -0.494. The zero-order valence-electron chi connectivity index (χ0n) is 14.1. The van der Waals surface area contributed by atoms with Crippen LogP contribution in [0.4, 0.5) is 5.82 Å². The van der Waals surface area contributed by atoms with E-state index in [2.05, 4.69) is 26.0 Å². The number of allylic oxidation sites excluding steroid dienone is 5. The van der Waals surface area contributed by atoms with E-state index in [9.17, 15) is 9.59 Å². The Morgan fingerprint density at radius 1 is 1.19 bits per heavy atom. The fourth-order valence-corrected chi connectivity index (χ4v) is 3.90. The standard InChI is InChI=1S/C19H13BrN4O2S/c1-10-2-4-11(5-3-10)18-23-24-16(21)14(17(26)22-19(24)27-18)9-12-8-13(20)6-7-15(12)25/h2-9H,21H2,1H3. The third kappa shape index (κ3) is 3.29. The SMILES string of the molecule is Cc1ccc(-c2nn3c(N)c(C=C4C=C(Br)C=CC4=O)c(=O)nc3s2)cc1. The Morgan fingerprint density at radius 2 is 1.93 bits per heavy atom. The summed E-state index contributed by atoms with van der Waals surface area (Å²) in [5, 5.41) is 5.20. The van der Waals surface area contributed by atoms with Crippen molar-refractivity contribution >= 4 is 49.9 Å². The molecule has 0 unspecified atom stereocenters. The fourth-order valence-electron chi connectivity index (χ4n) is 2.62. The Balaban J connectivity index is 1.86. The molecule has 2 aromatic heterocycles. The van der Waals surface area contributed by atoms with Crippen LogP contribution in [0.3, 0.4) is 0 Å². The Kier molecular flexibility index (Phi) is 4.37. The molecule has 1 aliphatic carbocycles. The van der Waals surface area contributed by atoms with Crippen LogP contribution in [0.25, 0.3) is 21.6 Å². The summed E-state index contributed by atoms with van der Waals surface area (Å²) in [7, 11) is 0. The van der Waals surface area contributed by atoms with Crippen molar-refractivity contribution in [3.05, 3.63) is 74.0 Å². The quantitative estimate of drug-likeness (QED) is 0.615. The molecule has 0 radical (unpaired) electrons. The molecule has 27 heavy (non-hydrogen) atoms. The van der Waals surface area contributed by atoms with Crippen LogP contribution in [0.15, 0.2) is 57.3 Å². The normalized spacial score (nSPS) is 15.6. The summed E-state index contributed by atoms with van der Waals surface area (Å²) < 4.78 is 2.17. The van der Waals surface area contributed by atoms with E-state index in [0.717, 1.165) is 15.6 Å². The number of carbonyl (C=O) groups is 1. The van der Waals surface area contributed by atoms with Crippen LogP contribution in [0.5, 0.6) is 0 Å². The molecule has 0 atom stereocenters. The Labute approximate surface area is 166 Å². The van der Waals surface area contributed by atoms with Gasteiger partial charge in [-0.1, -0.05) is 57.1 Å². The van der Waals surface area contributed by atoms with E-state index < -0.39 is 5.56 Å². The molecule has 0 saturated heterocycles. The maximum Gasteiger partial charge on any atom is 0.283 e. The van der Waals surface area contributed by atoms with Gasteiger partial charge in [0.05, 0.1) is 5.56 Å². The van der Waals surface area contributed by atoms with E-state index in [1.165, 1.54) is 28.0 Å². The van der Waals surface area contributed by atoms with E-state index >= 15 is 0 Å². The molecule has 4 rings (SSSR count). The number of rotatable bonds is 2. The highest BCUT2D eigenvalue weighted by Gasteiger charge is 2.17. The molecular formula is C19H13BrN4O2S. The highest BCUT2D eigenvalue weighted by molar-refractivity contribution is 9.11. The number of benzene rings is 1. The molecule has 6 nitrogen and oxygen atoms in total. The Bertz CT molecular complexity index is 1230. The maximum absolute atomic E-state index is 12.5. The van der Waals surface area contributed by atoms with Crippen molar-refractivity contribution in [3.63, 3.8) is 0 Å². The number of nitrogen functional groups attached to an aromatic ring is 1. The lowest BCUT2D eigenvalue weighted by Gasteiger charge is -2.05. The molecule has 2 heterocycles. The summed E-state index contributed by atoms with van der Waals surface area (Å²) in [6.07, 6.45) is 6.16. The van der Waals surface area contributed by atoms with Gasteiger partial charge in [0.1, 0.15) is 10.8 Å². The van der Waals surface area contributed by atoms with Crippen LogP contribution in [-0.4, -0.2) is 20.4 Å². The first-order valence-electron chi connectivity index (χ1n) is 8.00. The average Bonchev–Trinajstić information content (AvgIpc) is 3.06. The number of hydrogen-bond donors (Lipinski definition) is 1. The van der Waals surface area contributed by atoms with Crippen molar-refractivity contribution in [2.45, 2.75) is 6.92 Å². The van der Waals surface area contributed by atoms with E-state index in [-0.39, 0.29) is 17.2 Å². The zero-order valence-corrected chi connectivity index (χ0v) is 16.5. The molecule has 1 aliphatic rings. The number of nitrogens with zero attached hydrogens (tertiary/aromatic N) is 3. The van der Waals surface area contributed by atoms with Crippen molar-refractivity contribution in [1.29, 1.82) is 0 Å². The molecular weight excluding hydrogens is 428 g/mol.